The molecule has 0 aliphatic rings. The first-order valence-corrected chi connectivity index (χ1v) is 6.24. The highest BCUT2D eigenvalue weighted by molar-refractivity contribution is 5.98. The Bertz CT molecular complexity index is 608. The summed E-state index contributed by atoms with van der Waals surface area (Å²) in [4.78, 5) is 23.3. The SMILES string of the molecule is Cc1cccc(NC(=O)OCC(=O)c2ccccc2)c1. The Labute approximate surface area is 117 Å². The van der Waals surface area contributed by atoms with Crippen molar-refractivity contribution >= 4 is 17.6 Å². The molecule has 0 bridgehead atoms. The van der Waals surface area contributed by atoms with Crippen LogP contribution in [0.25, 0.3) is 0 Å². The van der Waals surface area contributed by atoms with Gasteiger partial charge in [-0.05, 0) is 24.6 Å². The summed E-state index contributed by atoms with van der Waals surface area (Å²) >= 11 is 0. The van der Waals surface area contributed by atoms with Gasteiger partial charge in [0.2, 0.25) is 0 Å². The van der Waals surface area contributed by atoms with E-state index in [4.69, 9.17) is 4.74 Å². The van der Waals surface area contributed by atoms with Gasteiger partial charge in [0, 0.05) is 11.3 Å². The topological polar surface area (TPSA) is 55.4 Å². The summed E-state index contributed by atoms with van der Waals surface area (Å²) in [6, 6.07) is 16.1. The van der Waals surface area contributed by atoms with Crippen LogP contribution < -0.4 is 5.32 Å². The molecule has 0 fully saturated rings. The normalized spacial score (nSPS) is 9.85. The number of nitrogens with one attached hydrogen (secondary N) is 1. The third-order valence-corrected chi connectivity index (χ3v) is 2.69. The Balaban J connectivity index is 1.85. The van der Waals surface area contributed by atoms with E-state index in [1.807, 2.05) is 31.2 Å². The lowest BCUT2D eigenvalue weighted by atomic mass is 10.1. The van der Waals surface area contributed by atoms with E-state index in [0.717, 1.165) is 5.56 Å². The van der Waals surface area contributed by atoms with Gasteiger partial charge in [0.05, 0.1) is 0 Å². The molecule has 0 spiro atoms. The molecular formula is C16H15NO3. The molecule has 0 radical (unpaired) electrons. The minimum Gasteiger partial charge on any atom is -0.441 e. The third kappa shape index (κ3) is 3.95. The average Bonchev–Trinajstić information content (AvgIpc) is 2.46. The van der Waals surface area contributed by atoms with Gasteiger partial charge in [-0.15, -0.1) is 0 Å². The Morgan fingerprint density at radius 2 is 1.80 bits per heavy atom. The number of ether oxygens (including phenoxy) is 1. The lowest BCUT2D eigenvalue weighted by molar-refractivity contribution is 0.0863. The zero-order chi connectivity index (χ0) is 14.4. The van der Waals surface area contributed by atoms with Crippen molar-refractivity contribution in [2.75, 3.05) is 11.9 Å². The maximum atomic E-state index is 11.8. The molecule has 0 atom stereocenters. The Morgan fingerprint density at radius 3 is 2.50 bits per heavy atom. The van der Waals surface area contributed by atoms with Gasteiger partial charge in [-0.1, -0.05) is 42.5 Å². The lowest BCUT2D eigenvalue weighted by Gasteiger charge is -2.07. The smallest absolute Gasteiger partial charge is 0.412 e. The van der Waals surface area contributed by atoms with Crippen molar-refractivity contribution in [2.24, 2.45) is 0 Å². The highest BCUT2D eigenvalue weighted by Gasteiger charge is 2.09. The van der Waals surface area contributed by atoms with Crippen LogP contribution in [-0.2, 0) is 4.74 Å². The summed E-state index contributed by atoms with van der Waals surface area (Å²) in [6.07, 6.45) is -0.639. The maximum Gasteiger partial charge on any atom is 0.412 e. The molecule has 0 saturated carbocycles. The molecule has 0 saturated heterocycles. The van der Waals surface area contributed by atoms with Crippen molar-refractivity contribution in [3.63, 3.8) is 0 Å². The van der Waals surface area contributed by atoms with Gasteiger partial charge in [-0.25, -0.2) is 4.79 Å². The van der Waals surface area contributed by atoms with Gasteiger partial charge >= 0.3 is 6.09 Å². The zero-order valence-electron chi connectivity index (χ0n) is 11.1. The third-order valence-electron chi connectivity index (χ3n) is 2.69. The van der Waals surface area contributed by atoms with E-state index in [1.54, 1.807) is 30.3 Å². The van der Waals surface area contributed by atoms with Crippen molar-refractivity contribution in [3.05, 3.63) is 65.7 Å². The molecule has 0 aliphatic carbocycles. The Hall–Kier alpha value is -2.62. The van der Waals surface area contributed by atoms with Crippen LogP contribution in [0, 0.1) is 6.92 Å². The second kappa shape index (κ2) is 6.52. The molecule has 2 aromatic rings. The van der Waals surface area contributed by atoms with Crippen LogP contribution >= 0.6 is 0 Å². The molecule has 4 heteroatoms. The first-order chi connectivity index (χ1) is 9.65. The molecule has 1 N–H and O–H groups in total. The van der Waals surface area contributed by atoms with Gasteiger partial charge in [-0.3, -0.25) is 10.1 Å². The van der Waals surface area contributed by atoms with Crippen molar-refractivity contribution < 1.29 is 14.3 Å². The summed E-state index contributed by atoms with van der Waals surface area (Å²) in [6.45, 7) is 1.65. The molecule has 20 heavy (non-hydrogen) atoms. The fourth-order valence-corrected chi connectivity index (χ4v) is 1.72. The summed E-state index contributed by atoms with van der Waals surface area (Å²) in [5.74, 6) is -0.231. The Kier molecular flexibility index (Phi) is 4.50. The van der Waals surface area contributed by atoms with Gasteiger partial charge in [0.15, 0.2) is 12.4 Å². The van der Waals surface area contributed by atoms with E-state index in [-0.39, 0.29) is 12.4 Å². The van der Waals surface area contributed by atoms with E-state index in [0.29, 0.717) is 11.3 Å². The minimum atomic E-state index is -0.639. The number of carbonyl (C=O) groups is 2. The van der Waals surface area contributed by atoms with E-state index < -0.39 is 6.09 Å². The fourth-order valence-electron chi connectivity index (χ4n) is 1.72. The highest BCUT2D eigenvalue weighted by Crippen LogP contribution is 2.09. The monoisotopic (exact) mass is 269 g/mol. The van der Waals surface area contributed by atoms with Gasteiger partial charge in [0.25, 0.3) is 0 Å². The average molecular weight is 269 g/mol. The van der Waals surface area contributed by atoms with Gasteiger partial charge < -0.3 is 4.74 Å². The number of carbonyl (C=O) groups excluding carboxylic acids is 2. The summed E-state index contributed by atoms with van der Waals surface area (Å²) in [5.41, 5.74) is 2.20. The maximum absolute atomic E-state index is 11.8. The molecule has 1 amide bonds. The molecule has 0 aromatic heterocycles. The van der Waals surface area contributed by atoms with Crippen LogP contribution in [0.2, 0.25) is 0 Å². The number of hydrogen-bond donors (Lipinski definition) is 1. The number of benzene rings is 2. The molecule has 0 aliphatic heterocycles. The second-order valence-corrected chi connectivity index (χ2v) is 4.36. The van der Waals surface area contributed by atoms with E-state index >= 15 is 0 Å². The van der Waals surface area contributed by atoms with Crippen molar-refractivity contribution in [1.82, 2.24) is 0 Å². The Morgan fingerprint density at radius 1 is 1.05 bits per heavy atom. The van der Waals surface area contributed by atoms with Crippen LogP contribution in [0.4, 0.5) is 10.5 Å². The van der Waals surface area contributed by atoms with E-state index in [9.17, 15) is 9.59 Å². The highest BCUT2D eigenvalue weighted by atomic mass is 16.5. The number of hydrogen-bond acceptors (Lipinski definition) is 3. The minimum absolute atomic E-state index is 0.231. The van der Waals surface area contributed by atoms with Gasteiger partial charge in [0.1, 0.15) is 0 Å². The van der Waals surface area contributed by atoms with Crippen LogP contribution in [0.15, 0.2) is 54.6 Å². The fraction of sp³-hybridized carbons (Fsp3) is 0.125. The standard InChI is InChI=1S/C16H15NO3/c1-12-6-5-9-14(10-12)17-16(19)20-11-15(18)13-7-3-2-4-8-13/h2-10H,11H2,1H3,(H,17,19). The first kappa shape index (κ1) is 13.8. The lowest BCUT2D eigenvalue weighted by Crippen LogP contribution is -2.18. The van der Waals surface area contributed by atoms with Crippen LogP contribution in [0.3, 0.4) is 0 Å². The van der Waals surface area contributed by atoms with Crippen LogP contribution in [-0.4, -0.2) is 18.5 Å². The molecule has 2 rings (SSSR count). The second-order valence-electron chi connectivity index (χ2n) is 4.36. The summed E-state index contributed by atoms with van der Waals surface area (Å²) < 4.78 is 4.90. The van der Waals surface area contributed by atoms with Crippen molar-refractivity contribution in [1.29, 1.82) is 0 Å². The molecule has 4 nitrogen and oxygen atoms in total. The zero-order valence-corrected chi connectivity index (χ0v) is 11.1. The predicted octanol–water partition coefficient (Wildman–Crippen LogP) is 3.43. The van der Waals surface area contributed by atoms with Crippen LogP contribution in [0.5, 0.6) is 0 Å². The number of aryl methyl sites for hydroxylation is 1. The number of amides is 1. The van der Waals surface area contributed by atoms with Crippen molar-refractivity contribution in [2.45, 2.75) is 6.92 Å². The number of anilines is 1. The molecule has 0 unspecified atom stereocenters. The molecule has 102 valence electrons. The molecular weight excluding hydrogens is 254 g/mol. The largest absolute Gasteiger partial charge is 0.441 e. The number of Topliss-reactive ketones (excluding diaryl/α,β-unsaturated/α-hetero) is 1. The predicted molar refractivity (Wildman–Crippen MR) is 76.9 cm³/mol. The molecule has 2 aromatic carbocycles. The number of rotatable bonds is 4. The number of ketones is 1. The van der Waals surface area contributed by atoms with E-state index in [2.05, 4.69) is 5.32 Å². The quantitative estimate of drug-likeness (QED) is 0.865. The molecule has 0 heterocycles. The van der Waals surface area contributed by atoms with Crippen molar-refractivity contribution in [3.8, 4) is 0 Å². The first-order valence-electron chi connectivity index (χ1n) is 6.24. The van der Waals surface area contributed by atoms with Crippen LogP contribution in [0.1, 0.15) is 15.9 Å². The summed E-state index contributed by atoms with van der Waals surface area (Å²) in [7, 11) is 0. The van der Waals surface area contributed by atoms with Gasteiger partial charge in [-0.2, -0.15) is 0 Å². The van der Waals surface area contributed by atoms with E-state index in [1.165, 1.54) is 0 Å². The summed E-state index contributed by atoms with van der Waals surface area (Å²) in [5, 5.41) is 2.58.